The van der Waals surface area contributed by atoms with Crippen LogP contribution < -0.4 is 26.2 Å². The van der Waals surface area contributed by atoms with Crippen LogP contribution in [-0.2, 0) is 5.41 Å². The Morgan fingerprint density at radius 2 is 0.600 bits per heavy atom. The molecule has 3 aromatic heterocycles. The Labute approximate surface area is 669 Å². The van der Waals surface area contributed by atoms with Crippen LogP contribution in [0.5, 0.6) is 0 Å². The van der Waals surface area contributed by atoms with Crippen molar-refractivity contribution < 1.29 is 0 Å². The predicted octanol–water partition coefficient (Wildman–Crippen LogP) is 27.0. The molecule has 25 rings (SSSR count). The highest BCUT2D eigenvalue weighted by Gasteiger charge is 2.53. The minimum Gasteiger partial charge on any atom is -0.310 e. The molecule has 532 valence electrons. The van der Waals surface area contributed by atoms with Crippen LogP contribution in [-0.4, -0.2) is 15.8 Å². The lowest BCUT2D eigenvalue weighted by molar-refractivity contribution is 0.794. The number of hydrogen-bond donors (Lipinski definition) is 0. The summed E-state index contributed by atoms with van der Waals surface area (Å²) >= 11 is 1.90. The van der Waals surface area contributed by atoms with Crippen LogP contribution in [0, 0.1) is 0 Å². The smallest absolute Gasteiger partial charge is 0.252 e. The quantitative estimate of drug-likeness (QED) is 0.134. The molecule has 0 bridgehead atoms. The van der Waals surface area contributed by atoms with Crippen LogP contribution in [0.25, 0.3) is 153 Å². The molecule has 0 saturated heterocycles. The van der Waals surface area contributed by atoms with E-state index in [0.29, 0.717) is 0 Å². The number of para-hydroxylation sites is 5. The molecule has 0 unspecified atom stereocenters. The van der Waals surface area contributed by atoms with E-state index >= 15 is 0 Å². The molecule has 21 aromatic rings. The van der Waals surface area contributed by atoms with Crippen molar-refractivity contribution in [3.05, 3.63) is 429 Å². The molecule has 2 aliphatic carbocycles. The first kappa shape index (κ1) is 64.1. The van der Waals surface area contributed by atoms with Crippen molar-refractivity contribution in [3.63, 3.8) is 0 Å². The summed E-state index contributed by atoms with van der Waals surface area (Å²) in [6, 6.07) is 154. The average Bonchev–Trinajstić information content (AvgIpc) is 1.55. The molecule has 0 fully saturated rings. The molecular weight excluding hydrogens is 1410 g/mol. The SMILES string of the molecule is c1ccc(-c2ccccc2-n2c3ccccc3c3cc4c(cc32)B2c3cc5sc6ccccc6c5cc3N(c3c(-c5ccccc5)cccc3-c3ccccc3)c3cc(-n5c6ccccc6c6cc7c(cc65)C5(c6ccccc6-c6ccccc65)c5ccccc5-7)cc(c32)N4c2c(-c3ccccc3)cccc2-c2ccccc2)cc1. The zero-order chi connectivity index (χ0) is 75.1. The number of rotatable bonds is 9. The highest BCUT2D eigenvalue weighted by molar-refractivity contribution is 7.26. The normalized spacial score (nSPS) is 13.2. The summed E-state index contributed by atoms with van der Waals surface area (Å²) in [4.78, 5) is 5.48. The van der Waals surface area contributed by atoms with Crippen molar-refractivity contribution in [1.82, 2.24) is 9.13 Å². The van der Waals surface area contributed by atoms with E-state index in [4.69, 9.17) is 0 Å². The van der Waals surface area contributed by atoms with Gasteiger partial charge in [0, 0.05) is 92.3 Å². The zero-order valence-corrected chi connectivity index (χ0v) is 63.3. The molecule has 2 aliphatic heterocycles. The van der Waals surface area contributed by atoms with E-state index in [1.165, 1.54) is 114 Å². The molecule has 0 amide bonds. The summed E-state index contributed by atoms with van der Waals surface area (Å²) < 4.78 is 7.74. The predicted molar refractivity (Wildman–Crippen MR) is 486 cm³/mol. The first-order valence-electron chi connectivity index (χ1n) is 39.9. The van der Waals surface area contributed by atoms with Gasteiger partial charge < -0.3 is 18.9 Å². The first-order chi connectivity index (χ1) is 57.1. The van der Waals surface area contributed by atoms with E-state index in [2.05, 4.69) is 425 Å². The maximum absolute atomic E-state index is 2.74. The molecule has 0 atom stereocenters. The second-order valence-corrected chi connectivity index (χ2v) is 32.3. The average molecular weight is 1480 g/mol. The van der Waals surface area contributed by atoms with Gasteiger partial charge in [0.1, 0.15) is 0 Å². The fourth-order valence-corrected chi connectivity index (χ4v) is 22.0. The van der Waals surface area contributed by atoms with Crippen LogP contribution in [0.3, 0.4) is 0 Å². The van der Waals surface area contributed by atoms with Gasteiger partial charge in [-0.1, -0.05) is 334 Å². The van der Waals surface area contributed by atoms with Crippen molar-refractivity contribution in [1.29, 1.82) is 0 Å². The molecule has 5 heterocycles. The summed E-state index contributed by atoms with van der Waals surface area (Å²) in [6.45, 7) is -0.332. The summed E-state index contributed by atoms with van der Waals surface area (Å²) in [5.74, 6) is 0. The van der Waals surface area contributed by atoms with Gasteiger partial charge in [0.25, 0.3) is 6.71 Å². The number of fused-ring (bicyclic) bond motifs is 23. The maximum Gasteiger partial charge on any atom is 0.252 e. The second-order valence-electron chi connectivity index (χ2n) is 31.2. The van der Waals surface area contributed by atoms with Crippen molar-refractivity contribution in [3.8, 4) is 89.3 Å². The molecule has 0 radical (unpaired) electrons. The highest BCUT2D eigenvalue weighted by Crippen LogP contribution is 2.64. The van der Waals surface area contributed by atoms with Crippen molar-refractivity contribution in [2.75, 3.05) is 9.80 Å². The summed E-state index contributed by atoms with van der Waals surface area (Å²) in [5, 5.41) is 7.24. The Bertz CT molecular complexity index is 7490. The van der Waals surface area contributed by atoms with Crippen LogP contribution in [0.2, 0.25) is 0 Å². The zero-order valence-electron chi connectivity index (χ0n) is 62.5. The molecule has 0 N–H and O–H groups in total. The molecular formula is C109H67BN4S. The van der Waals surface area contributed by atoms with E-state index in [9.17, 15) is 0 Å². The van der Waals surface area contributed by atoms with E-state index in [1.54, 1.807) is 0 Å². The first-order valence-corrected chi connectivity index (χ1v) is 40.7. The summed E-state index contributed by atoms with van der Waals surface area (Å²) in [6.07, 6.45) is 0. The largest absolute Gasteiger partial charge is 0.310 e. The number of anilines is 6. The minimum absolute atomic E-state index is 0.332. The third-order valence-electron chi connectivity index (χ3n) is 25.5. The Hall–Kier alpha value is -14.6. The van der Waals surface area contributed by atoms with Gasteiger partial charge in [0.2, 0.25) is 0 Å². The number of nitrogens with zero attached hydrogens (tertiary/aromatic N) is 4. The summed E-state index contributed by atoms with van der Waals surface area (Å²) in [7, 11) is 0. The lowest BCUT2D eigenvalue weighted by Gasteiger charge is -2.46. The van der Waals surface area contributed by atoms with Gasteiger partial charge in [-0.3, -0.25) is 0 Å². The van der Waals surface area contributed by atoms with Crippen molar-refractivity contribution in [2.45, 2.75) is 5.41 Å². The van der Waals surface area contributed by atoms with Gasteiger partial charge in [-0.2, -0.15) is 0 Å². The monoisotopic (exact) mass is 1470 g/mol. The molecule has 0 saturated carbocycles. The number of benzene rings is 18. The highest BCUT2D eigenvalue weighted by atomic mass is 32.1. The standard InChI is InChI=1S/C109H67BN4S/c1-6-32-68(33-7-1)74-42-19-26-56-95(74)112-97-58-28-21-47-83(97)87-63-100-93(66-99(87)112)110-94-67-105-88(84-48-22-29-59-104(84)115-105)64-101(94)114(108-77(71-38-12-4-13-39-71)51-31-52-78(108)72-40-14-5-15-41-72)103-61-73(60-102(106(103)110)113(100)107-75(69-34-8-2-9-35-69)49-30-50-76(107)70-36-10-3-11-37-70)111-96-57-27-20-46-82(96)86-62-85-81-45-18-25-55-91(81)109(92(85)65-98(86)111)89-53-23-16-43-79(89)80-44-17-24-54-90(80)109/h1-67H. The van der Waals surface area contributed by atoms with Gasteiger partial charge in [0.05, 0.1) is 50.2 Å². The minimum atomic E-state index is -0.593. The maximum atomic E-state index is 2.74. The van der Waals surface area contributed by atoms with E-state index in [1.807, 2.05) is 11.3 Å². The Morgan fingerprint density at radius 3 is 1.12 bits per heavy atom. The van der Waals surface area contributed by atoms with Crippen LogP contribution in [0.1, 0.15) is 22.3 Å². The van der Waals surface area contributed by atoms with Gasteiger partial charge in [0.15, 0.2) is 0 Å². The molecule has 6 heteroatoms. The lowest BCUT2D eigenvalue weighted by atomic mass is 9.33. The van der Waals surface area contributed by atoms with E-state index in [-0.39, 0.29) is 6.71 Å². The van der Waals surface area contributed by atoms with Crippen LogP contribution in [0.4, 0.5) is 34.1 Å². The Balaban J connectivity index is 0.887. The van der Waals surface area contributed by atoms with E-state index in [0.717, 1.165) is 112 Å². The lowest BCUT2D eigenvalue weighted by Crippen LogP contribution is -2.61. The molecule has 115 heavy (non-hydrogen) atoms. The van der Waals surface area contributed by atoms with Crippen LogP contribution in [0.15, 0.2) is 406 Å². The fourth-order valence-electron chi connectivity index (χ4n) is 20.9. The number of aromatic nitrogens is 2. The molecule has 4 nitrogen and oxygen atoms in total. The molecule has 4 aliphatic rings. The third-order valence-corrected chi connectivity index (χ3v) is 26.6. The summed E-state index contributed by atoms with van der Waals surface area (Å²) in [5.41, 5.74) is 38.2. The second kappa shape index (κ2) is 24.7. The van der Waals surface area contributed by atoms with E-state index < -0.39 is 5.41 Å². The van der Waals surface area contributed by atoms with Gasteiger partial charge in [-0.15, -0.1) is 11.3 Å². The third kappa shape index (κ3) is 9.08. The van der Waals surface area contributed by atoms with Gasteiger partial charge in [-0.05, 0) is 162 Å². The number of thiophene rings is 1. The van der Waals surface area contributed by atoms with Crippen molar-refractivity contribution >= 4 is 132 Å². The van der Waals surface area contributed by atoms with Gasteiger partial charge >= 0.3 is 0 Å². The van der Waals surface area contributed by atoms with Crippen molar-refractivity contribution in [2.24, 2.45) is 0 Å². The van der Waals surface area contributed by atoms with Gasteiger partial charge in [-0.25, -0.2) is 0 Å². The van der Waals surface area contributed by atoms with Crippen LogP contribution >= 0.6 is 11.3 Å². The Morgan fingerprint density at radius 1 is 0.217 bits per heavy atom. The number of hydrogen-bond acceptors (Lipinski definition) is 3. The Kier molecular flexibility index (Phi) is 13.8. The molecule has 18 aromatic carbocycles. The molecule has 1 spiro atoms. The topological polar surface area (TPSA) is 16.3 Å². The fraction of sp³-hybridized carbons (Fsp3) is 0.00917.